The normalized spacial score (nSPS) is 12.1. The molecule has 0 saturated heterocycles. The molecule has 0 aliphatic heterocycles. The van der Waals surface area contributed by atoms with E-state index in [0.29, 0.717) is 17.9 Å². The van der Waals surface area contributed by atoms with Crippen molar-refractivity contribution >= 4 is 39.1 Å². The van der Waals surface area contributed by atoms with E-state index in [1.165, 1.54) is 72.7 Å². The lowest BCUT2D eigenvalue weighted by Gasteiger charge is -2.33. The first-order valence-electron chi connectivity index (χ1n) is 13.2. The third kappa shape index (κ3) is 8.43. The average Bonchev–Trinajstić information content (AvgIpc) is 2.95. The summed E-state index contributed by atoms with van der Waals surface area (Å²) in [6.45, 7) is 5.45. The second-order valence-corrected chi connectivity index (χ2v) is 12.2. The summed E-state index contributed by atoms with van der Waals surface area (Å²) in [5.41, 5.74) is 0.767. The molecule has 220 valence electrons. The molecular weight excluding hydrogens is 569 g/mol. The quantitative estimate of drug-likeness (QED) is 0.287. The van der Waals surface area contributed by atoms with Crippen molar-refractivity contribution < 1.29 is 27.1 Å². The molecule has 1 atom stereocenters. The molecule has 2 amide bonds. The third-order valence-electron chi connectivity index (χ3n) is 6.36. The molecule has 0 aliphatic carbocycles. The van der Waals surface area contributed by atoms with Crippen LogP contribution in [0.4, 0.5) is 10.1 Å². The van der Waals surface area contributed by atoms with Crippen LogP contribution in [0.25, 0.3) is 0 Å². The van der Waals surface area contributed by atoms with E-state index in [4.69, 9.17) is 16.3 Å². The van der Waals surface area contributed by atoms with Crippen LogP contribution in [0.1, 0.15) is 32.8 Å². The number of benzene rings is 3. The Morgan fingerprint density at radius 1 is 1.02 bits per heavy atom. The smallest absolute Gasteiger partial charge is 0.264 e. The maximum atomic E-state index is 14.0. The van der Waals surface area contributed by atoms with Gasteiger partial charge in [0.25, 0.3) is 10.0 Å². The van der Waals surface area contributed by atoms with Gasteiger partial charge in [0.1, 0.15) is 24.2 Å². The van der Waals surface area contributed by atoms with E-state index in [1.807, 2.05) is 13.8 Å². The summed E-state index contributed by atoms with van der Waals surface area (Å²) >= 11 is 6.20. The Morgan fingerprint density at radius 2 is 1.68 bits per heavy atom. The molecule has 0 radical (unpaired) electrons. The minimum atomic E-state index is -4.26. The molecule has 0 aromatic heterocycles. The van der Waals surface area contributed by atoms with Crippen LogP contribution >= 0.6 is 11.6 Å². The van der Waals surface area contributed by atoms with Crippen LogP contribution in [0.15, 0.2) is 77.7 Å². The van der Waals surface area contributed by atoms with Crippen LogP contribution < -0.4 is 14.4 Å². The van der Waals surface area contributed by atoms with Crippen LogP contribution in [-0.4, -0.2) is 51.4 Å². The number of nitrogens with one attached hydrogen (secondary N) is 1. The lowest BCUT2D eigenvalue weighted by atomic mass is 10.1. The van der Waals surface area contributed by atoms with Crippen LogP contribution in [0, 0.1) is 11.7 Å². The Bertz CT molecular complexity index is 1430. The number of ether oxygens (including phenoxy) is 1. The molecule has 3 aromatic rings. The van der Waals surface area contributed by atoms with Gasteiger partial charge in [-0.2, -0.15) is 0 Å². The highest BCUT2D eigenvalue weighted by molar-refractivity contribution is 7.92. The van der Waals surface area contributed by atoms with E-state index in [1.54, 1.807) is 19.1 Å². The predicted octanol–water partition coefficient (Wildman–Crippen LogP) is 5.26. The summed E-state index contributed by atoms with van der Waals surface area (Å²) in [7, 11) is -2.79. The second-order valence-electron chi connectivity index (χ2n) is 9.88. The van der Waals surface area contributed by atoms with Crippen molar-refractivity contribution in [2.45, 2.75) is 44.7 Å². The fraction of sp³-hybridized carbons (Fsp3) is 0.333. The molecule has 3 rings (SSSR count). The molecule has 3 aromatic carbocycles. The molecule has 41 heavy (non-hydrogen) atoms. The highest BCUT2D eigenvalue weighted by Gasteiger charge is 2.33. The average molecular weight is 604 g/mol. The summed E-state index contributed by atoms with van der Waals surface area (Å²) in [5.74, 6) is -0.753. The number of rotatable bonds is 13. The molecular formula is C30H35ClFN3O5S. The topological polar surface area (TPSA) is 96.0 Å². The number of nitrogens with zero attached hydrogens (tertiary/aromatic N) is 2. The number of sulfonamides is 1. The van der Waals surface area contributed by atoms with E-state index in [2.05, 4.69) is 5.32 Å². The van der Waals surface area contributed by atoms with Gasteiger partial charge in [-0.15, -0.1) is 0 Å². The zero-order valence-electron chi connectivity index (χ0n) is 23.5. The van der Waals surface area contributed by atoms with Gasteiger partial charge in [-0.25, -0.2) is 12.8 Å². The van der Waals surface area contributed by atoms with Crippen molar-refractivity contribution in [3.63, 3.8) is 0 Å². The van der Waals surface area contributed by atoms with Crippen LogP contribution in [0.2, 0.25) is 5.02 Å². The van der Waals surface area contributed by atoms with Gasteiger partial charge in [0.05, 0.1) is 17.7 Å². The number of hydrogen-bond acceptors (Lipinski definition) is 5. The number of anilines is 1. The molecule has 0 spiro atoms. The summed E-state index contributed by atoms with van der Waals surface area (Å²) in [4.78, 5) is 28.5. The Labute approximate surface area is 246 Å². The van der Waals surface area contributed by atoms with Gasteiger partial charge >= 0.3 is 0 Å². The van der Waals surface area contributed by atoms with Gasteiger partial charge in [0, 0.05) is 18.1 Å². The summed E-state index contributed by atoms with van der Waals surface area (Å²) in [6.07, 6.45) is 0.277. The van der Waals surface area contributed by atoms with Crippen molar-refractivity contribution in [2.75, 3.05) is 24.5 Å². The highest BCUT2D eigenvalue weighted by atomic mass is 35.5. The predicted molar refractivity (Wildman–Crippen MR) is 158 cm³/mol. The van der Waals surface area contributed by atoms with Crippen LogP contribution in [-0.2, 0) is 26.2 Å². The Kier molecular flexibility index (Phi) is 11.1. The van der Waals surface area contributed by atoms with E-state index >= 15 is 0 Å². The number of carbonyl (C=O) groups excluding carboxylic acids is 2. The molecule has 0 fully saturated rings. The second kappa shape index (κ2) is 14.3. The molecule has 0 bridgehead atoms. The minimum Gasteiger partial charge on any atom is -0.497 e. The molecule has 0 saturated carbocycles. The molecule has 11 heteroatoms. The number of hydrogen-bond donors (Lipinski definition) is 1. The zero-order valence-corrected chi connectivity index (χ0v) is 25.1. The Balaban J connectivity index is 2.04. The SMILES string of the molecule is CC[C@@H](C(=O)NCC(C)C)N(Cc1ccc(F)cc1)C(=O)CN(c1cccc(Cl)c1)S(=O)(=O)c1ccc(OC)cc1. The number of methoxy groups -OCH3 is 1. The number of amides is 2. The van der Waals surface area contributed by atoms with Gasteiger partial charge in [-0.3, -0.25) is 13.9 Å². The van der Waals surface area contributed by atoms with Gasteiger partial charge in [-0.1, -0.05) is 50.6 Å². The number of carbonyl (C=O) groups is 2. The largest absolute Gasteiger partial charge is 0.497 e. The lowest BCUT2D eigenvalue weighted by molar-refractivity contribution is -0.140. The molecule has 8 nitrogen and oxygen atoms in total. The van der Waals surface area contributed by atoms with Gasteiger partial charge in [0.2, 0.25) is 11.8 Å². The van der Waals surface area contributed by atoms with Crippen molar-refractivity contribution in [1.82, 2.24) is 10.2 Å². The molecule has 0 heterocycles. The minimum absolute atomic E-state index is 0.0291. The Morgan fingerprint density at radius 3 is 2.24 bits per heavy atom. The lowest BCUT2D eigenvalue weighted by Crippen LogP contribution is -2.52. The maximum absolute atomic E-state index is 14.0. The first-order chi connectivity index (χ1) is 19.5. The van der Waals surface area contributed by atoms with Crippen LogP contribution in [0.3, 0.4) is 0 Å². The maximum Gasteiger partial charge on any atom is 0.264 e. The molecule has 1 N–H and O–H groups in total. The molecule has 0 unspecified atom stereocenters. The summed E-state index contributed by atoms with van der Waals surface area (Å²) in [6, 6.07) is 16.7. The fourth-order valence-electron chi connectivity index (χ4n) is 4.16. The third-order valence-corrected chi connectivity index (χ3v) is 8.38. The zero-order chi connectivity index (χ0) is 30.2. The highest BCUT2D eigenvalue weighted by Crippen LogP contribution is 2.28. The van der Waals surface area contributed by atoms with Crippen molar-refractivity contribution in [3.05, 3.63) is 89.2 Å². The van der Waals surface area contributed by atoms with Gasteiger partial charge in [-0.05, 0) is 72.5 Å². The summed E-state index contributed by atoms with van der Waals surface area (Å²) in [5, 5.41) is 3.15. The molecule has 0 aliphatic rings. The van der Waals surface area contributed by atoms with Crippen molar-refractivity contribution in [1.29, 1.82) is 0 Å². The monoisotopic (exact) mass is 603 g/mol. The number of halogens is 2. The van der Waals surface area contributed by atoms with Gasteiger partial charge < -0.3 is 15.0 Å². The van der Waals surface area contributed by atoms with E-state index < -0.39 is 34.3 Å². The van der Waals surface area contributed by atoms with Gasteiger partial charge in [0.15, 0.2) is 0 Å². The first kappa shape index (κ1) is 31.9. The fourth-order valence-corrected chi connectivity index (χ4v) is 5.75. The standard InChI is InChI=1S/C30H35ClFN3O5S/c1-5-28(30(37)33-18-21(2)3)34(19-22-9-11-24(32)12-10-22)29(36)20-35(25-8-6-7-23(31)17-25)41(38,39)27-15-13-26(40-4)14-16-27/h6-17,21,28H,5,18-20H2,1-4H3,(H,33,37)/t28-/m0/s1. The Hall–Kier alpha value is -3.63. The summed E-state index contributed by atoms with van der Waals surface area (Å²) < 4.78 is 47.5. The van der Waals surface area contributed by atoms with E-state index in [-0.39, 0.29) is 40.4 Å². The van der Waals surface area contributed by atoms with E-state index in [9.17, 15) is 22.4 Å². The van der Waals surface area contributed by atoms with Crippen molar-refractivity contribution in [2.24, 2.45) is 5.92 Å². The van der Waals surface area contributed by atoms with E-state index in [0.717, 1.165) is 4.31 Å². The van der Waals surface area contributed by atoms with Crippen molar-refractivity contribution in [3.8, 4) is 5.75 Å². The first-order valence-corrected chi connectivity index (χ1v) is 15.0. The van der Waals surface area contributed by atoms with Crippen LogP contribution in [0.5, 0.6) is 5.75 Å².